The molecule has 0 saturated carbocycles. The molecular formula is C15H20N4S. The van der Waals surface area contributed by atoms with E-state index in [1.54, 1.807) is 6.20 Å². The zero-order valence-corrected chi connectivity index (χ0v) is 12.7. The van der Waals surface area contributed by atoms with Crippen LogP contribution >= 0.6 is 11.8 Å². The normalized spacial score (nSPS) is 21.6. The number of hydrogen-bond donors (Lipinski definition) is 1. The minimum absolute atomic E-state index is 0.397. The molecule has 2 aromatic heterocycles. The number of nitrogens with zero attached hydrogens (tertiary/aromatic N) is 3. The number of anilines is 1. The first-order chi connectivity index (χ1) is 9.64. The Morgan fingerprint density at radius 3 is 3.00 bits per heavy atom. The fourth-order valence-corrected chi connectivity index (χ4v) is 3.94. The van der Waals surface area contributed by atoms with Gasteiger partial charge in [0.1, 0.15) is 0 Å². The Bertz CT molecular complexity index is 565. The topological polar surface area (TPSA) is 42.7 Å². The van der Waals surface area contributed by atoms with E-state index < -0.39 is 0 Å². The van der Waals surface area contributed by atoms with Crippen LogP contribution in [0.1, 0.15) is 20.3 Å². The van der Waals surface area contributed by atoms with Crippen LogP contribution in [-0.4, -0.2) is 32.3 Å². The van der Waals surface area contributed by atoms with E-state index in [9.17, 15) is 0 Å². The molecule has 0 amide bonds. The summed E-state index contributed by atoms with van der Waals surface area (Å²) >= 11 is 2.03. The molecule has 1 N–H and O–H groups in total. The molecule has 3 rings (SSSR count). The Labute approximate surface area is 124 Å². The highest BCUT2D eigenvalue weighted by Crippen LogP contribution is 2.35. The van der Waals surface area contributed by atoms with Gasteiger partial charge < -0.3 is 5.32 Å². The van der Waals surface area contributed by atoms with E-state index in [1.807, 2.05) is 41.0 Å². The molecule has 0 aromatic carbocycles. The lowest BCUT2D eigenvalue weighted by atomic mass is 9.88. The van der Waals surface area contributed by atoms with Crippen LogP contribution in [0.4, 0.5) is 5.69 Å². The number of aromatic nitrogens is 3. The summed E-state index contributed by atoms with van der Waals surface area (Å²) in [5.41, 5.74) is 1.45. The van der Waals surface area contributed by atoms with Gasteiger partial charge in [0.2, 0.25) is 0 Å². The van der Waals surface area contributed by atoms with Crippen molar-refractivity contribution in [3.63, 3.8) is 0 Å². The lowest BCUT2D eigenvalue weighted by Gasteiger charge is -2.35. The van der Waals surface area contributed by atoms with Gasteiger partial charge in [-0.25, -0.2) is 9.67 Å². The summed E-state index contributed by atoms with van der Waals surface area (Å²) in [4.78, 5) is 4.45. The summed E-state index contributed by atoms with van der Waals surface area (Å²) in [6, 6.07) is 6.45. The lowest BCUT2D eigenvalue weighted by Crippen LogP contribution is -2.35. The molecule has 0 spiro atoms. The van der Waals surface area contributed by atoms with Crippen LogP contribution in [-0.2, 0) is 0 Å². The molecule has 3 heterocycles. The van der Waals surface area contributed by atoms with Crippen molar-refractivity contribution in [1.29, 1.82) is 0 Å². The largest absolute Gasteiger partial charge is 0.378 e. The fourth-order valence-electron chi connectivity index (χ4n) is 2.66. The first-order valence-electron chi connectivity index (χ1n) is 6.93. The second kappa shape index (κ2) is 5.48. The predicted molar refractivity (Wildman–Crippen MR) is 84.5 cm³/mol. The summed E-state index contributed by atoms with van der Waals surface area (Å²) in [6.07, 6.45) is 6.69. The van der Waals surface area contributed by atoms with Gasteiger partial charge in [0.15, 0.2) is 5.82 Å². The van der Waals surface area contributed by atoms with Crippen LogP contribution in [0.25, 0.3) is 5.82 Å². The zero-order valence-electron chi connectivity index (χ0n) is 11.9. The van der Waals surface area contributed by atoms with Crippen LogP contribution < -0.4 is 5.32 Å². The van der Waals surface area contributed by atoms with Gasteiger partial charge in [0, 0.05) is 30.4 Å². The van der Waals surface area contributed by atoms with E-state index in [0.29, 0.717) is 11.5 Å². The third kappa shape index (κ3) is 2.98. The molecular weight excluding hydrogens is 268 g/mol. The van der Waals surface area contributed by atoms with Crippen molar-refractivity contribution in [2.24, 2.45) is 5.41 Å². The van der Waals surface area contributed by atoms with Crippen molar-refractivity contribution in [3.8, 4) is 5.82 Å². The summed E-state index contributed by atoms with van der Waals surface area (Å²) in [5, 5.41) is 7.93. The predicted octanol–water partition coefficient (Wildman–Crippen LogP) is 3.21. The van der Waals surface area contributed by atoms with E-state index in [2.05, 4.69) is 35.3 Å². The van der Waals surface area contributed by atoms with Crippen LogP contribution in [0.5, 0.6) is 0 Å². The van der Waals surface area contributed by atoms with E-state index in [-0.39, 0.29) is 0 Å². The molecule has 2 aromatic rings. The van der Waals surface area contributed by atoms with Gasteiger partial charge in [-0.1, -0.05) is 13.8 Å². The SMILES string of the molecule is CC1(C)CSCC(Nc2cccnc2-n2cccn2)C1. The van der Waals surface area contributed by atoms with E-state index in [1.165, 1.54) is 12.2 Å². The zero-order chi connectivity index (χ0) is 14.0. The summed E-state index contributed by atoms with van der Waals surface area (Å²) in [7, 11) is 0. The van der Waals surface area contributed by atoms with Gasteiger partial charge >= 0.3 is 0 Å². The van der Waals surface area contributed by atoms with Crippen molar-refractivity contribution < 1.29 is 0 Å². The molecule has 0 aliphatic carbocycles. The molecule has 1 aliphatic rings. The smallest absolute Gasteiger partial charge is 0.176 e. The molecule has 1 aliphatic heterocycles. The first-order valence-corrected chi connectivity index (χ1v) is 8.09. The summed E-state index contributed by atoms with van der Waals surface area (Å²) < 4.78 is 1.81. The van der Waals surface area contributed by atoms with Gasteiger partial charge in [-0.3, -0.25) is 0 Å². The monoisotopic (exact) mass is 288 g/mol. The molecule has 1 atom stereocenters. The van der Waals surface area contributed by atoms with Gasteiger partial charge in [0.05, 0.1) is 5.69 Å². The molecule has 4 nitrogen and oxygen atoms in total. The third-order valence-corrected chi connectivity index (χ3v) is 5.10. The Kier molecular flexibility index (Phi) is 3.70. The Hall–Kier alpha value is -1.49. The van der Waals surface area contributed by atoms with Crippen molar-refractivity contribution >= 4 is 17.4 Å². The minimum atomic E-state index is 0.397. The van der Waals surface area contributed by atoms with Gasteiger partial charge in [-0.05, 0) is 35.8 Å². The summed E-state index contributed by atoms with van der Waals surface area (Å²) in [5.74, 6) is 3.26. The van der Waals surface area contributed by atoms with Crippen LogP contribution in [0.3, 0.4) is 0 Å². The number of hydrogen-bond acceptors (Lipinski definition) is 4. The molecule has 0 radical (unpaired) electrons. The highest BCUT2D eigenvalue weighted by Gasteiger charge is 2.28. The van der Waals surface area contributed by atoms with Crippen LogP contribution in [0, 0.1) is 5.41 Å². The Morgan fingerprint density at radius 1 is 1.35 bits per heavy atom. The van der Waals surface area contributed by atoms with Crippen LogP contribution in [0.2, 0.25) is 0 Å². The van der Waals surface area contributed by atoms with Crippen molar-refractivity contribution in [2.75, 3.05) is 16.8 Å². The summed E-state index contributed by atoms with van der Waals surface area (Å²) in [6.45, 7) is 4.68. The highest BCUT2D eigenvalue weighted by molar-refractivity contribution is 7.99. The lowest BCUT2D eigenvalue weighted by molar-refractivity contribution is 0.358. The molecule has 1 unspecified atom stereocenters. The fraction of sp³-hybridized carbons (Fsp3) is 0.467. The quantitative estimate of drug-likeness (QED) is 0.942. The van der Waals surface area contributed by atoms with Crippen molar-refractivity contribution in [1.82, 2.24) is 14.8 Å². The molecule has 5 heteroatoms. The molecule has 1 fully saturated rings. The highest BCUT2D eigenvalue weighted by atomic mass is 32.2. The van der Waals surface area contributed by atoms with E-state index in [4.69, 9.17) is 0 Å². The van der Waals surface area contributed by atoms with E-state index >= 15 is 0 Å². The maximum Gasteiger partial charge on any atom is 0.176 e. The third-order valence-electron chi connectivity index (χ3n) is 3.48. The molecule has 1 saturated heterocycles. The maximum absolute atomic E-state index is 4.45. The van der Waals surface area contributed by atoms with Gasteiger partial charge in [0.25, 0.3) is 0 Å². The van der Waals surface area contributed by atoms with Crippen molar-refractivity contribution in [3.05, 3.63) is 36.8 Å². The standard InChI is InChI=1S/C15H20N4S/c1-15(2)9-12(10-20-11-15)18-13-5-3-6-16-14(13)19-8-4-7-17-19/h3-8,12,18H,9-11H2,1-2H3. The maximum atomic E-state index is 4.45. The van der Waals surface area contributed by atoms with Crippen LogP contribution in [0.15, 0.2) is 36.8 Å². The average Bonchev–Trinajstić information content (AvgIpc) is 2.92. The van der Waals surface area contributed by atoms with Gasteiger partial charge in [-0.15, -0.1) is 0 Å². The average molecular weight is 288 g/mol. The minimum Gasteiger partial charge on any atom is -0.378 e. The molecule has 106 valence electrons. The van der Waals surface area contributed by atoms with Gasteiger partial charge in [-0.2, -0.15) is 16.9 Å². The first kappa shape index (κ1) is 13.5. The van der Waals surface area contributed by atoms with E-state index in [0.717, 1.165) is 17.3 Å². The Balaban J connectivity index is 1.81. The molecule has 0 bridgehead atoms. The number of thioether (sulfide) groups is 1. The number of rotatable bonds is 3. The second-order valence-electron chi connectivity index (χ2n) is 6.05. The van der Waals surface area contributed by atoms with Crippen molar-refractivity contribution in [2.45, 2.75) is 26.3 Å². The Morgan fingerprint density at radius 2 is 2.25 bits per heavy atom. The second-order valence-corrected chi connectivity index (χ2v) is 7.08. The number of pyridine rings is 1. The molecule has 20 heavy (non-hydrogen) atoms. The number of nitrogens with one attached hydrogen (secondary N) is 1.